The van der Waals surface area contributed by atoms with Crippen molar-refractivity contribution in [3.8, 4) is 5.75 Å². The number of ketones is 1. The van der Waals surface area contributed by atoms with Gasteiger partial charge < -0.3 is 10.1 Å². The lowest BCUT2D eigenvalue weighted by Gasteiger charge is -2.09. The SMILES string of the molecule is CCNCC(=O)c1cccc(OC(F)(F)F)c1. The lowest BCUT2D eigenvalue weighted by atomic mass is 10.1. The summed E-state index contributed by atoms with van der Waals surface area (Å²) >= 11 is 0. The average Bonchev–Trinajstić information content (AvgIpc) is 2.24. The molecule has 0 bridgehead atoms. The van der Waals surface area contributed by atoms with Crippen LogP contribution in [-0.2, 0) is 0 Å². The van der Waals surface area contributed by atoms with Gasteiger partial charge in [0.25, 0.3) is 0 Å². The Hall–Kier alpha value is -1.56. The summed E-state index contributed by atoms with van der Waals surface area (Å²) in [4.78, 5) is 11.5. The third-order valence-electron chi connectivity index (χ3n) is 1.93. The summed E-state index contributed by atoms with van der Waals surface area (Å²) in [7, 11) is 0. The summed E-state index contributed by atoms with van der Waals surface area (Å²) in [6.45, 7) is 2.53. The number of ether oxygens (including phenoxy) is 1. The first-order valence-corrected chi connectivity index (χ1v) is 5.02. The Balaban J connectivity index is 2.75. The van der Waals surface area contributed by atoms with Crippen LogP contribution >= 0.6 is 0 Å². The van der Waals surface area contributed by atoms with Crippen molar-refractivity contribution in [3.63, 3.8) is 0 Å². The van der Waals surface area contributed by atoms with E-state index in [9.17, 15) is 18.0 Å². The molecule has 3 nitrogen and oxygen atoms in total. The van der Waals surface area contributed by atoms with Crippen molar-refractivity contribution in [1.29, 1.82) is 0 Å². The molecule has 1 rings (SSSR count). The summed E-state index contributed by atoms with van der Waals surface area (Å²) < 4.78 is 39.6. The molecule has 0 radical (unpaired) electrons. The highest BCUT2D eigenvalue weighted by Crippen LogP contribution is 2.23. The second-order valence-corrected chi connectivity index (χ2v) is 3.28. The van der Waals surface area contributed by atoms with E-state index in [1.165, 1.54) is 12.1 Å². The van der Waals surface area contributed by atoms with Gasteiger partial charge in [-0.3, -0.25) is 4.79 Å². The molecule has 0 saturated heterocycles. The third kappa shape index (κ3) is 4.86. The van der Waals surface area contributed by atoms with Gasteiger partial charge in [0.05, 0.1) is 6.54 Å². The van der Waals surface area contributed by atoms with Crippen molar-refractivity contribution in [1.82, 2.24) is 5.32 Å². The molecule has 0 amide bonds. The first kappa shape index (κ1) is 13.5. The minimum Gasteiger partial charge on any atom is -0.406 e. The molecular formula is C11H12F3NO2. The van der Waals surface area contributed by atoms with Crippen molar-refractivity contribution in [2.45, 2.75) is 13.3 Å². The van der Waals surface area contributed by atoms with E-state index in [4.69, 9.17) is 0 Å². The number of likely N-dealkylation sites (N-methyl/N-ethyl adjacent to an activating group) is 1. The predicted octanol–water partition coefficient (Wildman–Crippen LogP) is 2.38. The monoisotopic (exact) mass is 247 g/mol. The van der Waals surface area contributed by atoms with Crippen LogP contribution in [-0.4, -0.2) is 25.2 Å². The smallest absolute Gasteiger partial charge is 0.406 e. The molecule has 0 saturated carbocycles. The number of halogens is 3. The highest BCUT2D eigenvalue weighted by atomic mass is 19.4. The van der Waals surface area contributed by atoms with Crippen molar-refractivity contribution in [2.75, 3.05) is 13.1 Å². The van der Waals surface area contributed by atoms with Crippen molar-refractivity contribution in [2.24, 2.45) is 0 Å². The van der Waals surface area contributed by atoms with Crippen LogP contribution in [0.2, 0.25) is 0 Å². The zero-order valence-corrected chi connectivity index (χ0v) is 9.17. The minimum absolute atomic E-state index is 0.0893. The van der Waals surface area contributed by atoms with Crippen LogP contribution in [0.25, 0.3) is 0 Å². The van der Waals surface area contributed by atoms with Gasteiger partial charge in [0.1, 0.15) is 5.75 Å². The lowest BCUT2D eigenvalue weighted by molar-refractivity contribution is -0.274. The Morgan fingerprint density at radius 1 is 1.41 bits per heavy atom. The molecule has 0 aliphatic rings. The standard InChI is InChI=1S/C11H12F3NO2/c1-2-15-7-10(16)8-4-3-5-9(6-8)17-11(12,13)14/h3-6,15H,2,7H2,1H3. The fourth-order valence-corrected chi connectivity index (χ4v) is 1.21. The molecule has 6 heteroatoms. The minimum atomic E-state index is -4.75. The van der Waals surface area contributed by atoms with Gasteiger partial charge in [-0.25, -0.2) is 0 Å². The number of alkyl halides is 3. The van der Waals surface area contributed by atoms with E-state index in [0.717, 1.165) is 12.1 Å². The second kappa shape index (κ2) is 5.67. The Kier molecular flexibility index (Phi) is 4.51. The van der Waals surface area contributed by atoms with Crippen LogP contribution in [0.5, 0.6) is 5.75 Å². The second-order valence-electron chi connectivity index (χ2n) is 3.28. The molecule has 17 heavy (non-hydrogen) atoms. The van der Waals surface area contributed by atoms with Crippen LogP contribution in [0.3, 0.4) is 0 Å². The third-order valence-corrected chi connectivity index (χ3v) is 1.93. The highest BCUT2D eigenvalue weighted by molar-refractivity contribution is 5.97. The first-order valence-electron chi connectivity index (χ1n) is 5.02. The molecule has 0 heterocycles. The number of benzene rings is 1. The first-order chi connectivity index (χ1) is 7.92. The molecule has 0 unspecified atom stereocenters. The summed E-state index contributed by atoms with van der Waals surface area (Å²) in [5.41, 5.74) is 0.188. The van der Waals surface area contributed by atoms with Crippen molar-refractivity contribution in [3.05, 3.63) is 29.8 Å². The maximum atomic E-state index is 12.0. The highest BCUT2D eigenvalue weighted by Gasteiger charge is 2.31. The van der Waals surface area contributed by atoms with E-state index in [2.05, 4.69) is 10.1 Å². The number of hydrogen-bond acceptors (Lipinski definition) is 3. The molecule has 0 atom stereocenters. The number of hydrogen-bond donors (Lipinski definition) is 1. The number of rotatable bonds is 5. The summed E-state index contributed by atoms with van der Waals surface area (Å²) in [6.07, 6.45) is -4.75. The molecule has 0 aliphatic carbocycles. The summed E-state index contributed by atoms with van der Waals surface area (Å²) in [5, 5.41) is 2.80. The zero-order chi connectivity index (χ0) is 12.9. The molecule has 0 fully saturated rings. The molecule has 94 valence electrons. The van der Waals surface area contributed by atoms with Gasteiger partial charge in [0, 0.05) is 5.56 Å². The fraction of sp³-hybridized carbons (Fsp3) is 0.364. The van der Waals surface area contributed by atoms with Gasteiger partial charge in [0.2, 0.25) is 0 Å². The quantitative estimate of drug-likeness (QED) is 0.812. The number of carbonyl (C=O) groups excluding carboxylic acids is 1. The normalized spacial score (nSPS) is 11.3. The number of carbonyl (C=O) groups is 1. The van der Waals surface area contributed by atoms with E-state index < -0.39 is 6.36 Å². The van der Waals surface area contributed by atoms with Gasteiger partial charge in [0.15, 0.2) is 5.78 Å². The maximum absolute atomic E-state index is 12.0. The zero-order valence-electron chi connectivity index (χ0n) is 9.17. The van der Waals surface area contributed by atoms with Gasteiger partial charge in [-0.1, -0.05) is 19.1 Å². The summed E-state index contributed by atoms with van der Waals surface area (Å²) in [6, 6.07) is 5.02. The number of nitrogens with one attached hydrogen (secondary N) is 1. The number of Topliss-reactive ketones (excluding diaryl/α,β-unsaturated/α-hetero) is 1. The molecule has 0 spiro atoms. The van der Waals surface area contributed by atoms with E-state index in [0.29, 0.717) is 6.54 Å². The average molecular weight is 247 g/mol. The van der Waals surface area contributed by atoms with Crippen LogP contribution in [0.1, 0.15) is 17.3 Å². The Morgan fingerprint density at radius 2 is 2.12 bits per heavy atom. The van der Waals surface area contributed by atoms with E-state index in [-0.39, 0.29) is 23.6 Å². The van der Waals surface area contributed by atoms with Crippen LogP contribution in [0, 0.1) is 0 Å². The van der Waals surface area contributed by atoms with E-state index >= 15 is 0 Å². The van der Waals surface area contributed by atoms with Crippen LogP contribution < -0.4 is 10.1 Å². The molecule has 0 aliphatic heterocycles. The topological polar surface area (TPSA) is 38.3 Å². The van der Waals surface area contributed by atoms with Gasteiger partial charge >= 0.3 is 6.36 Å². The summed E-state index contributed by atoms with van der Waals surface area (Å²) in [5.74, 6) is -0.667. The Morgan fingerprint density at radius 3 is 2.71 bits per heavy atom. The van der Waals surface area contributed by atoms with Gasteiger partial charge in [-0.05, 0) is 18.7 Å². The van der Waals surface area contributed by atoms with Gasteiger partial charge in [-0.2, -0.15) is 0 Å². The van der Waals surface area contributed by atoms with Crippen molar-refractivity contribution < 1.29 is 22.7 Å². The fourth-order valence-electron chi connectivity index (χ4n) is 1.21. The molecule has 1 aromatic rings. The van der Waals surface area contributed by atoms with Crippen LogP contribution in [0.4, 0.5) is 13.2 Å². The van der Waals surface area contributed by atoms with E-state index in [1.54, 1.807) is 0 Å². The predicted molar refractivity (Wildman–Crippen MR) is 56.0 cm³/mol. The largest absolute Gasteiger partial charge is 0.573 e. The molecular weight excluding hydrogens is 235 g/mol. The van der Waals surface area contributed by atoms with Crippen LogP contribution in [0.15, 0.2) is 24.3 Å². The Labute approximate surface area is 96.6 Å². The molecule has 0 aromatic heterocycles. The lowest BCUT2D eigenvalue weighted by Crippen LogP contribution is -2.22. The maximum Gasteiger partial charge on any atom is 0.573 e. The van der Waals surface area contributed by atoms with Gasteiger partial charge in [-0.15, -0.1) is 13.2 Å². The Bertz CT molecular complexity index is 391. The molecule has 1 aromatic carbocycles. The molecule has 1 N–H and O–H groups in total. The van der Waals surface area contributed by atoms with Crippen molar-refractivity contribution >= 4 is 5.78 Å². The van der Waals surface area contributed by atoms with E-state index in [1.807, 2.05) is 6.92 Å².